The van der Waals surface area contributed by atoms with Crippen LogP contribution in [0.1, 0.15) is 57.4 Å². The zero-order valence-corrected chi connectivity index (χ0v) is 17.0. The molecule has 3 rings (SSSR count). The highest BCUT2D eigenvalue weighted by molar-refractivity contribution is 5.89. The van der Waals surface area contributed by atoms with Crippen LogP contribution in [0.4, 0.5) is 0 Å². The number of nitrogens with one attached hydrogen (secondary N) is 1. The van der Waals surface area contributed by atoms with Crippen LogP contribution < -0.4 is 14.8 Å². The Labute approximate surface area is 167 Å². The molecule has 0 bridgehead atoms. The quantitative estimate of drug-likeness (QED) is 0.659. The summed E-state index contributed by atoms with van der Waals surface area (Å²) in [6.07, 6.45) is 6.93. The third kappa shape index (κ3) is 4.97. The molecule has 1 aromatic carbocycles. The Bertz CT molecular complexity index is 685. The van der Waals surface area contributed by atoms with Crippen molar-refractivity contribution in [3.8, 4) is 11.5 Å². The summed E-state index contributed by atoms with van der Waals surface area (Å²) in [4.78, 5) is 26.8. The fourth-order valence-electron chi connectivity index (χ4n) is 4.08. The molecule has 0 aromatic heterocycles. The van der Waals surface area contributed by atoms with Gasteiger partial charge in [0.25, 0.3) is 0 Å². The molecule has 1 aromatic rings. The molecule has 1 aliphatic heterocycles. The van der Waals surface area contributed by atoms with E-state index in [4.69, 9.17) is 9.47 Å². The highest BCUT2D eigenvalue weighted by Gasteiger charge is 2.38. The summed E-state index contributed by atoms with van der Waals surface area (Å²) in [6.45, 7) is 3.76. The fourth-order valence-corrected chi connectivity index (χ4v) is 4.08. The van der Waals surface area contributed by atoms with Gasteiger partial charge in [-0.1, -0.05) is 32.3 Å². The average molecular weight is 389 g/mol. The summed E-state index contributed by atoms with van der Waals surface area (Å²) in [7, 11) is 1.62. The van der Waals surface area contributed by atoms with Gasteiger partial charge in [0.1, 0.15) is 0 Å². The molecule has 1 atom stereocenters. The zero-order valence-electron chi connectivity index (χ0n) is 17.0. The molecule has 6 nitrogen and oxygen atoms in total. The van der Waals surface area contributed by atoms with Crippen molar-refractivity contribution in [2.45, 2.75) is 64.5 Å². The highest BCUT2D eigenvalue weighted by atomic mass is 16.5. The molecule has 1 unspecified atom stereocenters. The molecule has 0 spiro atoms. The third-order valence-corrected chi connectivity index (χ3v) is 5.74. The zero-order chi connectivity index (χ0) is 19.9. The van der Waals surface area contributed by atoms with Gasteiger partial charge in [0, 0.05) is 25.6 Å². The summed E-state index contributed by atoms with van der Waals surface area (Å²) in [5.74, 6) is 1.23. The van der Waals surface area contributed by atoms with E-state index in [0.29, 0.717) is 37.9 Å². The van der Waals surface area contributed by atoms with E-state index >= 15 is 0 Å². The molecule has 2 amide bonds. The van der Waals surface area contributed by atoms with Crippen LogP contribution in [-0.4, -0.2) is 43.0 Å². The van der Waals surface area contributed by atoms with Gasteiger partial charge < -0.3 is 19.7 Å². The van der Waals surface area contributed by atoms with E-state index in [-0.39, 0.29) is 17.7 Å². The third-order valence-electron chi connectivity index (χ3n) is 5.74. The molecule has 1 N–H and O–H groups in total. The number of amides is 2. The minimum absolute atomic E-state index is 0.0453. The topological polar surface area (TPSA) is 67.9 Å². The minimum Gasteiger partial charge on any atom is -0.493 e. The first-order valence-corrected chi connectivity index (χ1v) is 10.5. The molecule has 0 radical (unpaired) electrons. The van der Waals surface area contributed by atoms with Gasteiger partial charge in [-0.25, -0.2) is 0 Å². The first kappa shape index (κ1) is 20.5. The smallest absolute Gasteiger partial charge is 0.225 e. The first-order chi connectivity index (χ1) is 13.6. The molecule has 2 fully saturated rings. The normalized spacial score (nSPS) is 19.9. The number of carbonyl (C=O) groups excluding carboxylic acids is 2. The van der Waals surface area contributed by atoms with Crippen LogP contribution in [-0.2, 0) is 16.1 Å². The van der Waals surface area contributed by atoms with Gasteiger partial charge in [-0.3, -0.25) is 9.59 Å². The maximum absolute atomic E-state index is 12.6. The number of rotatable bonds is 9. The van der Waals surface area contributed by atoms with Crippen molar-refractivity contribution in [2.24, 2.45) is 5.92 Å². The predicted octanol–water partition coefficient (Wildman–Crippen LogP) is 3.28. The van der Waals surface area contributed by atoms with Crippen LogP contribution in [0.25, 0.3) is 0 Å². The summed E-state index contributed by atoms with van der Waals surface area (Å²) >= 11 is 0. The number of hydrogen-bond donors (Lipinski definition) is 1. The second kappa shape index (κ2) is 9.80. The predicted molar refractivity (Wildman–Crippen MR) is 107 cm³/mol. The Hall–Kier alpha value is -2.24. The van der Waals surface area contributed by atoms with Gasteiger partial charge in [0.15, 0.2) is 11.5 Å². The van der Waals surface area contributed by atoms with Crippen molar-refractivity contribution >= 4 is 11.8 Å². The van der Waals surface area contributed by atoms with Crippen molar-refractivity contribution in [3.05, 3.63) is 23.8 Å². The Balaban J connectivity index is 1.52. The Morgan fingerprint density at radius 1 is 1.25 bits per heavy atom. The molecule has 6 heteroatoms. The first-order valence-electron chi connectivity index (χ1n) is 10.5. The van der Waals surface area contributed by atoms with Crippen molar-refractivity contribution < 1.29 is 19.1 Å². The standard InChI is InChI=1S/C22H32N2O4/c1-3-4-11-28-19-10-9-16(12-20(19)27-2)14-23-22(26)17-13-21(25)24(15-17)18-7-5-6-8-18/h9-10,12,17-18H,3-8,11,13-15H2,1-2H3,(H,23,26). The number of hydrogen-bond acceptors (Lipinski definition) is 4. The Morgan fingerprint density at radius 2 is 2.04 bits per heavy atom. The van der Waals surface area contributed by atoms with Crippen molar-refractivity contribution in [1.82, 2.24) is 10.2 Å². The van der Waals surface area contributed by atoms with Crippen LogP contribution in [0.5, 0.6) is 11.5 Å². The van der Waals surface area contributed by atoms with Gasteiger partial charge >= 0.3 is 0 Å². The number of carbonyl (C=O) groups is 2. The second-order valence-electron chi connectivity index (χ2n) is 7.79. The lowest BCUT2D eigenvalue weighted by Gasteiger charge is -2.23. The van der Waals surface area contributed by atoms with Gasteiger partial charge in [-0.2, -0.15) is 0 Å². The molecule has 1 saturated heterocycles. The molecule has 1 aliphatic carbocycles. The molecule has 1 saturated carbocycles. The van der Waals surface area contributed by atoms with E-state index in [1.807, 2.05) is 23.1 Å². The number of nitrogens with zero attached hydrogens (tertiary/aromatic N) is 1. The number of methoxy groups -OCH3 is 1. The molecule has 1 heterocycles. The van der Waals surface area contributed by atoms with E-state index in [9.17, 15) is 9.59 Å². The summed E-state index contributed by atoms with van der Waals surface area (Å²) in [5.41, 5.74) is 0.949. The van der Waals surface area contributed by atoms with Crippen molar-refractivity contribution in [1.29, 1.82) is 0 Å². The van der Waals surface area contributed by atoms with Crippen LogP contribution in [0.15, 0.2) is 18.2 Å². The van der Waals surface area contributed by atoms with E-state index in [0.717, 1.165) is 37.0 Å². The Kier molecular flexibility index (Phi) is 7.18. The van der Waals surface area contributed by atoms with E-state index < -0.39 is 0 Å². The summed E-state index contributed by atoms with van der Waals surface area (Å²) in [5, 5.41) is 2.98. The molecular weight excluding hydrogens is 356 g/mol. The number of unbranched alkanes of at least 4 members (excludes halogenated alkanes) is 1. The lowest BCUT2D eigenvalue weighted by atomic mass is 10.1. The number of likely N-dealkylation sites (tertiary alicyclic amines) is 1. The van der Waals surface area contributed by atoms with Crippen LogP contribution in [0.3, 0.4) is 0 Å². The number of ether oxygens (including phenoxy) is 2. The fraction of sp³-hybridized carbons (Fsp3) is 0.636. The van der Waals surface area contributed by atoms with Gasteiger partial charge in [-0.05, 0) is 37.0 Å². The molecule has 28 heavy (non-hydrogen) atoms. The SMILES string of the molecule is CCCCOc1ccc(CNC(=O)C2CC(=O)N(C3CCCC3)C2)cc1OC. The molecular formula is C22H32N2O4. The van der Waals surface area contributed by atoms with E-state index in [2.05, 4.69) is 12.2 Å². The Morgan fingerprint density at radius 3 is 2.75 bits per heavy atom. The second-order valence-corrected chi connectivity index (χ2v) is 7.79. The summed E-state index contributed by atoms with van der Waals surface area (Å²) in [6, 6.07) is 6.06. The molecule has 154 valence electrons. The maximum Gasteiger partial charge on any atom is 0.225 e. The van der Waals surface area contributed by atoms with Crippen molar-refractivity contribution in [2.75, 3.05) is 20.3 Å². The van der Waals surface area contributed by atoms with E-state index in [1.54, 1.807) is 7.11 Å². The maximum atomic E-state index is 12.6. The van der Waals surface area contributed by atoms with Crippen LogP contribution in [0, 0.1) is 5.92 Å². The largest absolute Gasteiger partial charge is 0.493 e. The minimum atomic E-state index is -0.244. The lowest BCUT2D eigenvalue weighted by Crippen LogP contribution is -2.36. The monoisotopic (exact) mass is 388 g/mol. The lowest BCUT2D eigenvalue weighted by molar-refractivity contribution is -0.130. The average Bonchev–Trinajstić information content (AvgIpc) is 3.36. The highest BCUT2D eigenvalue weighted by Crippen LogP contribution is 2.30. The van der Waals surface area contributed by atoms with Gasteiger partial charge in [0.05, 0.1) is 19.6 Å². The van der Waals surface area contributed by atoms with Crippen LogP contribution >= 0.6 is 0 Å². The van der Waals surface area contributed by atoms with Crippen molar-refractivity contribution in [3.63, 3.8) is 0 Å². The van der Waals surface area contributed by atoms with E-state index in [1.165, 1.54) is 12.8 Å². The van der Waals surface area contributed by atoms with Gasteiger partial charge in [-0.15, -0.1) is 0 Å². The summed E-state index contributed by atoms with van der Waals surface area (Å²) < 4.78 is 11.2. The molecule has 2 aliphatic rings. The van der Waals surface area contributed by atoms with Gasteiger partial charge in [0.2, 0.25) is 11.8 Å². The number of benzene rings is 1. The van der Waals surface area contributed by atoms with Crippen LogP contribution in [0.2, 0.25) is 0 Å².